The SMILES string of the molecule is COc1ccc(NC(=O)NCc2ccc(C(C)O)cc2)cn1. The molecule has 6 heteroatoms. The van der Waals surface area contributed by atoms with Crippen molar-refractivity contribution in [1.29, 1.82) is 0 Å². The van der Waals surface area contributed by atoms with Gasteiger partial charge in [-0.25, -0.2) is 9.78 Å². The van der Waals surface area contributed by atoms with Crippen LogP contribution in [0.15, 0.2) is 42.6 Å². The molecule has 2 aromatic rings. The summed E-state index contributed by atoms with van der Waals surface area (Å²) in [4.78, 5) is 15.8. The van der Waals surface area contributed by atoms with E-state index in [-0.39, 0.29) is 6.03 Å². The summed E-state index contributed by atoms with van der Waals surface area (Å²) in [5.41, 5.74) is 2.38. The summed E-state index contributed by atoms with van der Waals surface area (Å²) in [7, 11) is 1.53. The maximum Gasteiger partial charge on any atom is 0.319 e. The van der Waals surface area contributed by atoms with E-state index in [9.17, 15) is 9.90 Å². The van der Waals surface area contributed by atoms with Gasteiger partial charge in [-0.1, -0.05) is 24.3 Å². The Morgan fingerprint density at radius 3 is 2.55 bits per heavy atom. The Kier molecular flexibility index (Phi) is 5.32. The number of rotatable bonds is 5. The number of urea groups is 1. The lowest BCUT2D eigenvalue weighted by molar-refractivity contribution is 0.199. The number of pyridine rings is 1. The molecule has 0 spiro atoms. The smallest absolute Gasteiger partial charge is 0.319 e. The number of carbonyl (C=O) groups is 1. The number of nitrogens with zero attached hydrogens (tertiary/aromatic N) is 1. The van der Waals surface area contributed by atoms with Crippen LogP contribution in [0.25, 0.3) is 0 Å². The van der Waals surface area contributed by atoms with E-state index in [0.29, 0.717) is 18.1 Å². The number of anilines is 1. The van der Waals surface area contributed by atoms with Gasteiger partial charge in [0.05, 0.1) is 25.1 Å². The first-order chi connectivity index (χ1) is 10.6. The quantitative estimate of drug-likeness (QED) is 0.792. The highest BCUT2D eigenvalue weighted by molar-refractivity contribution is 5.88. The number of benzene rings is 1. The number of aromatic nitrogens is 1. The molecule has 3 N–H and O–H groups in total. The number of hydrogen-bond acceptors (Lipinski definition) is 4. The van der Waals surface area contributed by atoms with Gasteiger partial charge in [0.15, 0.2) is 0 Å². The average molecular weight is 301 g/mol. The van der Waals surface area contributed by atoms with Crippen LogP contribution in [0.3, 0.4) is 0 Å². The molecule has 0 aliphatic carbocycles. The predicted octanol–water partition coefficient (Wildman–Crippen LogP) is 2.47. The topological polar surface area (TPSA) is 83.5 Å². The molecule has 1 atom stereocenters. The van der Waals surface area contributed by atoms with Crippen molar-refractivity contribution in [2.24, 2.45) is 0 Å². The van der Waals surface area contributed by atoms with Crippen molar-refractivity contribution in [3.05, 3.63) is 53.7 Å². The lowest BCUT2D eigenvalue weighted by Gasteiger charge is -2.09. The van der Waals surface area contributed by atoms with Crippen LogP contribution in [0.5, 0.6) is 5.88 Å². The molecule has 0 bridgehead atoms. The number of methoxy groups -OCH3 is 1. The molecule has 0 saturated carbocycles. The molecule has 0 aliphatic rings. The molecule has 1 unspecified atom stereocenters. The normalized spacial score (nSPS) is 11.6. The van der Waals surface area contributed by atoms with Gasteiger partial charge in [0.1, 0.15) is 0 Å². The Labute approximate surface area is 129 Å². The Hall–Kier alpha value is -2.60. The van der Waals surface area contributed by atoms with Gasteiger partial charge in [0.2, 0.25) is 5.88 Å². The van der Waals surface area contributed by atoms with Crippen molar-refractivity contribution in [2.75, 3.05) is 12.4 Å². The van der Waals surface area contributed by atoms with Crippen LogP contribution >= 0.6 is 0 Å². The van der Waals surface area contributed by atoms with Gasteiger partial charge in [-0.05, 0) is 24.1 Å². The maximum atomic E-state index is 11.8. The van der Waals surface area contributed by atoms with E-state index in [1.165, 1.54) is 13.3 Å². The second-order valence-electron chi connectivity index (χ2n) is 4.81. The summed E-state index contributed by atoms with van der Waals surface area (Å²) in [6.45, 7) is 2.11. The van der Waals surface area contributed by atoms with Crippen LogP contribution < -0.4 is 15.4 Å². The van der Waals surface area contributed by atoms with E-state index in [0.717, 1.165) is 11.1 Å². The zero-order chi connectivity index (χ0) is 15.9. The van der Waals surface area contributed by atoms with Crippen molar-refractivity contribution in [1.82, 2.24) is 10.3 Å². The van der Waals surface area contributed by atoms with Crippen molar-refractivity contribution in [3.8, 4) is 5.88 Å². The molecule has 1 aromatic heterocycles. The summed E-state index contributed by atoms with van der Waals surface area (Å²) in [6, 6.07) is 10.5. The first-order valence-electron chi connectivity index (χ1n) is 6.90. The average Bonchev–Trinajstić information content (AvgIpc) is 2.54. The van der Waals surface area contributed by atoms with Gasteiger partial charge in [-0.3, -0.25) is 0 Å². The van der Waals surface area contributed by atoms with Crippen LogP contribution in [-0.2, 0) is 6.54 Å². The number of nitrogens with one attached hydrogen (secondary N) is 2. The Bertz CT molecular complexity index is 610. The summed E-state index contributed by atoms with van der Waals surface area (Å²) in [5.74, 6) is 0.490. The van der Waals surface area contributed by atoms with Gasteiger partial charge < -0.3 is 20.5 Å². The number of aliphatic hydroxyl groups excluding tert-OH is 1. The van der Waals surface area contributed by atoms with E-state index in [1.807, 2.05) is 24.3 Å². The van der Waals surface area contributed by atoms with E-state index < -0.39 is 6.10 Å². The lowest BCUT2D eigenvalue weighted by Crippen LogP contribution is -2.28. The first-order valence-corrected chi connectivity index (χ1v) is 6.90. The van der Waals surface area contributed by atoms with Crippen molar-refractivity contribution in [3.63, 3.8) is 0 Å². The minimum absolute atomic E-state index is 0.313. The molecule has 116 valence electrons. The summed E-state index contributed by atoms with van der Waals surface area (Å²) in [5, 5.41) is 14.9. The highest BCUT2D eigenvalue weighted by Crippen LogP contribution is 2.13. The molecular formula is C16H19N3O3. The minimum Gasteiger partial charge on any atom is -0.481 e. The third kappa shape index (κ3) is 4.46. The molecule has 2 amide bonds. The summed E-state index contributed by atoms with van der Waals surface area (Å²) >= 11 is 0. The van der Waals surface area contributed by atoms with E-state index in [4.69, 9.17) is 4.74 Å². The van der Waals surface area contributed by atoms with Gasteiger partial charge in [0.25, 0.3) is 0 Å². The number of ether oxygens (including phenoxy) is 1. The predicted molar refractivity (Wildman–Crippen MR) is 83.7 cm³/mol. The molecule has 0 saturated heterocycles. The van der Waals surface area contributed by atoms with Crippen molar-refractivity contribution >= 4 is 11.7 Å². The highest BCUT2D eigenvalue weighted by Gasteiger charge is 2.04. The van der Waals surface area contributed by atoms with Gasteiger partial charge >= 0.3 is 6.03 Å². The fourth-order valence-corrected chi connectivity index (χ4v) is 1.85. The molecular weight excluding hydrogens is 282 g/mol. The Balaban J connectivity index is 1.84. The molecule has 0 fully saturated rings. The zero-order valence-corrected chi connectivity index (χ0v) is 12.5. The van der Waals surface area contributed by atoms with Crippen LogP contribution in [0.2, 0.25) is 0 Å². The molecule has 1 heterocycles. The van der Waals surface area contributed by atoms with Gasteiger partial charge in [-0.15, -0.1) is 0 Å². The monoisotopic (exact) mass is 301 g/mol. The number of aliphatic hydroxyl groups is 1. The molecule has 6 nitrogen and oxygen atoms in total. The highest BCUT2D eigenvalue weighted by atomic mass is 16.5. The van der Waals surface area contributed by atoms with E-state index >= 15 is 0 Å². The van der Waals surface area contributed by atoms with Crippen molar-refractivity contribution in [2.45, 2.75) is 19.6 Å². The lowest BCUT2D eigenvalue weighted by atomic mass is 10.1. The van der Waals surface area contributed by atoms with Crippen LogP contribution in [0, 0.1) is 0 Å². The van der Waals surface area contributed by atoms with Crippen molar-refractivity contribution < 1.29 is 14.6 Å². The molecule has 22 heavy (non-hydrogen) atoms. The summed E-state index contributed by atoms with van der Waals surface area (Å²) in [6.07, 6.45) is 1.03. The molecule has 0 aliphatic heterocycles. The van der Waals surface area contributed by atoms with Gasteiger partial charge in [0, 0.05) is 12.6 Å². The third-order valence-corrected chi connectivity index (χ3v) is 3.12. The molecule has 2 rings (SSSR count). The molecule has 1 aromatic carbocycles. The van der Waals surface area contributed by atoms with Crippen LogP contribution in [-0.4, -0.2) is 23.2 Å². The largest absolute Gasteiger partial charge is 0.481 e. The second kappa shape index (κ2) is 7.42. The number of amides is 2. The Morgan fingerprint density at radius 2 is 2.00 bits per heavy atom. The fraction of sp³-hybridized carbons (Fsp3) is 0.250. The van der Waals surface area contributed by atoms with Crippen LogP contribution in [0.4, 0.5) is 10.5 Å². The Morgan fingerprint density at radius 1 is 1.27 bits per heavy atom. The minimum atomic E-state index is -0.493. The van der Waals surface area contributed by atoms with E-state index in [1.54, 1.807) is 19.1 Å². The van der Waals surface area contributed by atoms with E-state index in [2.05, 4.69) is 15.6 Å². The number of hydrogen-bond donors (Lipinski definition) is 3. The molecule has 0 radical (unpaired) electrons. The van der Waals surface area contributed by atoms with Gasteiger partial charge in [-0.2, -0.15) is 0 Å². The van der Waals surface area contributed by atoms with Crippen LogP contribution in [0.1, 0.15) is 24.2 Å². The first kappa shape index (κ1) is 15.8. The second-order valence-corrected chi connectivity index (χ2v) is 4.81. The standard InChI is InChI=1S/C16H19N3O3/c1-11(20)13-5-3-12(4-6-13)9-18-16(21)19-14-7-8-15(22-2)17-10-14/h3-8,10-11,20H,9H2,1-2H3,(H2,18,19,21). The maximum absolute atomic E-state index is 11.8. The number of carbonyl (C=O) groups excluding carboxylic acids is 1. The zero-order valence-electron chi connectivity index (χ0n) is 12.5. The summed E-state index contributed by atoms with van der Waals surface area (Å²) < 4.78 is 4.95. The third-order valence-electron chi connectivity index (χ3n) is 3.12. The fourth-order valence-electron chi connectivity index (χ4n) is 1.85.